The summed E-state index contributed by atoms with van der Waals surface area (Å²) in [6.07, 6.45) is 2.94. The number of primary amides is 1. The number of nitrogens with zero attached hydrogens (tertiary/aromatic N) is 2. The molecule has 5 nitrogen and oxygen atoms in total. The predicted octanol–water partition coefficient (Wildman–Crippen LogP) is 2.01. The fourth-order valence-corrected chi connectivity index (χ4v) is 5.34. The van der Waals surface area contributed by atoms with E-state index in [0.717, 1.165) is 32.0 Å². The number of rotatable bonds is 5. The summed E-state index contributed by atoms with van der Waals surface area (Å²) in [5, 5.41) is 0. The Balaban J connectivity index is 1.61. The molecule has 2 bridgehead atoms. The Morgan fingerprint density at radius 1 is 1.11 bits per heavy atom. The Labute approximate surface area is 157 Å². The topological polar surface area (TPSA) is 66.6 Å². The summed E-state index contributed by atoms with van der Waals surface area (Å²) in [7, 11) is 0. The number of hydrogen-bond acceptors (Lipinski definition) is 3. The van der Waals surface area contributed by atoms with Crippen LogP contribution in [0.2, 0.25) is 0 Å². The minimum atomic E-state index is -0.841. The fourth-order valence-electron chi connectivity index (χ4n) is 5.34. The van der Waals surface area contributed by atoms with E-state index in [1.54, 1.807) is 6.07 Å². The predicted molar refractivity (Wildman–Crippen MR) is 95.7 cm³/mol. The normalized spacial score (nSPS) is 31.8. The number of benzene rings is 1. The van der Waals surface area contributed by atoms with Gasteiger partial charge in [0, 0.05) is 31.3 Å². The van der Waals surface area contributed by atoms with Crippen molar-refractivity contribution >= 4 is 11.8 Å². The Morgan fingerprint density at radius 3 is 2.56 bits per heavy atom. The van der Waals surface area contributed by atoms with Crippen molar-refractivity contribution in [3.05, 3.63) is 35.4 Å². The van der Waals surface area contributed by atoms with Gasteiger partial charge in [-0.3, -0.25) is 14.5 Å². The third-order valence-electron chi connectivity index (χ3n) is 6.51. The van der Waals surface area contributed by atoms with E-state index in [2.05, 4.69) is 4.90 Å². The van der Waals surface area contributed by atoms with Crippen LogP contribution in [0.25, 0.3) is 0 Å². The molecule has 3 unspecified atom stereocenters. The van der Waals surface area contributed by atoms with Crippen LogP contribution in [0.4, 0.5) is 8.78 Å². The summed E-state index contributed by atoms with van der Waals surface area (Å²) in [5.41, 5.74) is 5.53. The van der Waals surface area contributed by atoms with Crippen molar-refractivity contribution in [3.63, 3.8) is 0 Å². The first-order valence-electron chi connectivity index (χ1n) is 9.73. The molecule has 4 aliphatic rings. The monoisotopic (exact) mass is 377 g/mol. The van der Waals surface area contributed by atoms with Crippen LogP contribution in [-0.4, -0.2) is 53.3 Å². The quantitative estimate of drug-likeness (QED) is 0.854. The zero-order valence-corrected chi connectivity index (χ0v) is 15.2. The van der Waals surface area contributed by atoms with Crippen molar-refractivity contribution in [2.45, 2.75) is 50.1 Å². The average molecular weight is 377 g/mol. The molecule has 0 aliphatic carbocycles. The third kappa shape index (κ3) is 3.22. The molecule has 2 N–H and O–H groups in total. The SMILES string of the molecule is NC(=O)CCCC(=O)N1CC(c2cccc(F)c2F)C2C1C1CCN2CC1. The van der Waals surface area contributed by atoms with Gasteiger partial charge in [0.2, 0.25) is 11.8 Å². The van der Waals surface area contributed by atoms with E-state index in [0.29, 0.717) is 24.4 Å². The Morgan fingerprint density at radius 2 is 1.85 bits per heavy atom. The molecule has 4 saturated heterocycles. The van der Waals surface area contributed by atoms with Crippen LogP contribution in [0.1, 0.15) is 43.6 Å². The number of piperidine rings is 3. The summed E-state index contributed by atoms with van der Waals surface area (Å²) in [5.74, 6) is -1.89. The first kappa shape index (κ1) is 18.3. The lowest BCUT2D eigenvalue weighted by atomic mass is 9.75. The maximum absolute atomic E-state index is 14.5. The van der Waals surface area contributed by atoms with Crippen LogP contribution in [-0.2, 0) is 9.59 Å². The van der Waals surface area contributed by atoms with Gasteiger partial charge >= 0.3 is 0 Å². The Kier molecular flexibility index (Phi) is 4.88. The first-order chi connectivity index (χ1) is 13.0. The van der Waals surface area contributed by atoms with Gasteiger partial charge in [0.15, 0.2) is 11.6 Å². The van der Waals surface area contributed by atoms with E-state index < -0.39 is 17.5 Å². The molecule has 2 amide bonds. The number of carbonyl (C=O) groups is 2. The molecule has 0 radical (unpaired) electrons. The lowest BCUT2D eigenvalue weighted by Crippen LogP contribution is -2.60. The van der Waals surface area contributed by atoms with Crippen molar-refractivity contribution in [3.8, 4) is 0 Å². The molecule has 0 aromatic heterocycles. The highest BCUT2D eigenvalue weighted by atomic mass is 19.2. The van der Waals surface area contributed by atoms with Crippen molar-refractivity contribution < 1.29 is 18.4 Å². The molecule has 3 atom stereocenters. The van der Waals surface area contributed by atoms with Gasteiger partial charge in [-0.2, -0.15) is 0 Å². The molecule has 27 heavy (non-hydrogen) atoms. The number of amides is 2. The van der Waals surface area contributed by atoms with Gasteiger partial charge in [-0.05, 0) is 49.9 Å². The molecule has 146 valence electrons. The molecule has 0 spiro atoms. The van der Waals surface area contributed by atoms with E-state index in [1.807, 2.05) is 4.90 Å². The van der Waals surface area contributed by atoms with Gasteiger partial charge in [0.1, 0.15) is 0 Å². The number of likely N-dealkylation sites (tertiary alicyclic amines) is 1. The molecule has 4 heterocycles. The molecule has 1 aromatic rings. The average Bonchev–Trinajstić information content (AvgIpc) is 3.07. The van der Waals surface area contributed by atoms with Crippen molar-refractivity contribution in [1.29, 1.82) is 0 Å². The van der Waals surface area contributed by atoms with E-state index in [1.165, 1.54) is 6.07 Å². The van der Waals surface area contributed by atoms with Crippen LogP contribution < -0.4 is 5.73 Å². The minimum Gasteiger partial charge on any atom is -0.370 e. The van der Waals surface area contributed by atoms with Crippen LogP contribution in [0, 0.1) is 17.6 Å². The smallest absolute Gasteiger partial charge is 0.222 e. The molecule has 4 fully saturated rings. The van der Waals surface area contributed by atoms with Crippen molar-refractivity contribution in [2.75, 3.05) is 19.6 Å². The zero-order chi connectivity index (χ0) is 19.1. The molecule has 1 aromatic carbocycles. The Bertz CT molecular complexity index is 749. The molecule has 5 rings (SSSR count). The number of halogens is 2. The van der Waals surface area contributed by atoms with E-state index in [9.17, 15) is 18.4 Å². The van der Waals surface area contributed by atoms with Gasteiger partial charge in [-0.1, -0.05) is 12.1 Å². The second kappa shape index (κ2) is 7.19. The number of hydrogen-bond donors (Lipinski definition) is 1. The Hall–Kier alpha value is -2.02. The summed E-state index contributed by atoms with van der Waals surface area (Å²) in [4.78, 5) is 28.0. The molecular formula is C20H25F2N3O2. The molecule has 0 saturated carbocycles. The van der Waals surface area contributed by atoms with Crippen LogP contribution in [0.3, 0.4) is 0 Å². The largest absolute Gasteiger partial charge is 0.370 e. The second-order valence-corrected chi connectivity index (χ2v) is 7.97. The first-order valence-corrected chi connectivity index (χ1v) is 9.73. The van der Waals surface area contributed by atoms with Gasteiger partial charge in [-0.15, -0.1) is 0 Å². The van der Waals surface area contributed by atoms with Gasteiger partial charge in [0.25, 0.3) is 0 Å². The standard InChI is InChI=1S/C20H25F2N3O2/c21-15-4-1-3-13(18(15)22)14-11-25(17(27)6-2-5-16(23)26)19-12-7-9-24(10-8-12)20(14)19/h1,3-4,12,14,19-20H,2,5-11H2,(H2,23,26). The molecule has 7 heteroatoms. The highest BCUT2D eigenvalue weighted by Gasteiger charge is 2.54. The highest BCUT2D eigenvalue weighted by molar-refractivity contribution is 5.79. The van der Waals surface area contributed by atoms with E-state index in [4.69, 9.17) is 5.73 Å². The highest BCUT2D eigenvalue weighted by Crippen LogP contribution is 2.47. The van der Waals surface area contributed by atoms with Gasteiger partial charge in [-0.25, -0.2) is 8.78 Å². The van der Waals surface area contributed by atoms with Crippen LogP contribution in [0.5, 0.6) is 0 Å². The van der Waals surface area contributed by atoms with E-state index >= 15 is 0 Å². The fraction of sp³-hybridized carbons (Fsp3) is 0.600. The van der Waals surface area contributed by atoms with Gasteiger partial charge in [0.05, 0.1) is 6.04 Å². The lowest BCUT2D eigenvalue weighted by Gasteiger charge is -2.51. The van der Waals surface area contributed by atoms with Gasteiger partial charge < -0.3 is 10.6 Å². The maximum atomic E-state index is 14.5. The summed E-state index contributed by atoms with van der Waals surface area (Å²) >= 11 is 0. The van der Waals surface area contributed by atoms with Crippen LogP contribution in [0.15, 0.2) is 18.2 Å². The maximum Gasteiger partial charge on any atom is 0.222 e. The summed E-state index contributed by atoms with van der Waals surface area (Å²) in [6.45, 7) is 2.30. The number of carbonyl (C=O) groups excluding carboxylic acids is 2. The van der Waals surface area contributed by atoms with Crippen LogP contribution >= 0.6 is 0 Å². The molecule has 4 aliphatic heterocycles. The second-order valence-electron chi connectivity index (χ2n) is 7.97. The van der Waals surface area contributed by atoms with E-state index in [-0.39, 0.29) is 36.8 Å². The summed E-state index contributed by atoms with van der Waals surface area (Å²) < 4.78 is 28.4. The van der Waals surface area contributed by atoms with Crippen molar-refractivity contribution in [1.82, 2.24) is 9.80 Å². The lowest BCUT2D eigenvalue weighted by molar-refractivity contribution is -0.136. The molecular weight excluding hydrogens is 352 g/mol. The summed E-state index contributed by atoms with van der Waals surface area (Å²) in [6, 6.07) is 4.39. The number of nitrogens with two attached hydrogens (primary N) is 1. The zero-order valence-electron chi connectivity index (χ0n) is 15.2. The van der Waals surface area contributed by atoms with Crippen molar-refractivity contribution in [2.24, 2.45) is 11.7 Å². The minimum absolute atomic E-state index is 0.0145. The number of fused-ring (bicyclic) bond motifs is 2. The third-order valence-corrected chi connectivity index (χ3v) is 6.51.